The molecule has 0 saturated heterocycles. The van der Waals surface area contributed by atoms with Crippen molar-refractivity contribution in [3.8, 4) is 0 Å². The topological polar surface area (TPSA) is 237 Å². The molecule has 0 aromatic heterocycles. The smallest absolute Gasteiger partial charge is 0.462 e. The van der Waals surface area contributed by atoms with Gasteiger partial charge in [-0.25, -0.2) is 9.13 Å². The number of carbonyl (C=O) groups is 4. The number of aliphatic hydroxyl groups excluding tert-OH is 1. The number of unbranched alkanes of at least 4 members (excludes halogenated alkanes) is 54. The van der Waals surface area contributed by atoms with Gasteiger partial charge in [0.1, 0.15) is 19.3 Å². The Labute approximate surface area is 658 Å². The Balaban J connectivity index is 5.20. The third kappa shape index (κ3) is 81.9. The summed E-state index contributed by atoms with van der Waals surface area (Å²) < 4.78 is 68.9. The van der Waals surface area contributed by atoms with Crippen LogP contribution in [0.25, 0.3) is 0 Å². The average Bonchev–Trinajstić information content (AvgIpc) is 0.899. The number of phosphoric ester groups is 2. The number of ether oxygens (including phenoxy) is 4. The summed E-state index contributed by atoms with van der Waals surface area (Å²) in [5.41, 5.74) is 0. The molecule has 0 aromatic carbocycles. The molecule has 3 N–H and O–H groups in total. The number of rotatable bonds is 86. The molecular formula is C88H172O17P2. The summed E-state index contributed by atoms with van der Waals surface area (Å²) in [7, 11) is -9.93. The molecule has 0 spiro atoms. The molecule has 2 unspecified atom stereocenters. The molecule has 0 aliphatic heterocycles. The zero-order valence-corrected chi connectivity index (χ0v) is 72.4. The van der Waals surface area contributed by atoms with Crippen LogP contribution >= 0.6 is 15.6 Å². The molecule has 636 valence electrons. The fourth-order valence-electron chi connectivity index (χ4n) is 13.7. The van der Waals surface area contributed by atoms with Crippen molar-refractivity contribution in [2.45, 2.75) is 484 Å². The third-order valence-electron chi connectivity index (χ3n) is 20.6. The SMILES string of the molecule is CCCCCCCCCCCCCCCCCCC(=O)O[C@H](COC(=O)CCCCCCCCC(C)C)COP(=O)(O)OC[C@H](O)COP(=O)(O)OC[C@@H](COC(=O)CCCCCCCCCCCCCCCCCCCCC(C)C)OC(=O)CCCCCCCCCCCCCCCCCCCCC(C)C. The van der Waals surface area contributed by atoms with E-state index in [1.807, 2.05) is 0 Å². The Morgan fingerprint density at radius 1 is 0.252 bits per heavy atom. The Bertz CT molecular complexity index is 2060. The molecule has 0 heterocycles. The second-order valence-corrected chi connectivity index (χ2v) is 36.0. The standard InChI is InChI=1S/C88H172O17P2/c1-8-9-10-11-12-13-14-15-16-27-33-38-43-48-57-64-72-88(93)105-84(76-99-86(91)70-63-56-51-50-54-61-68-81(6)7)78-103-107(96,97)101-74-82(89)73-100-106(94,95)102-77-83(104-87(92)71-65-58-49-44-39-34-29-24-20-18-22-26-31-36-41-46-53-60-67-80(4)5)75-98-85(90)69-62-55-47-42-37-32-28-23-19-17-21-25-30-35-40-45-52-59-66-79(2)3/h79-84,89H,8-78H2,1-7H3,(H,94,95)(H,96,97)/t82-,83-,84-/m1/s1. The molecule has 5 atom stereocenters. The molecule has 19 heteroatoms. The maximum atomic E-state index is 13.2. The van der Waals surface area contributed by atoms with Gasteiger partial charge in [-0.2, -0.15) is 0 Å². The zero-order valence-electron chi connectivity index (χ0n) is 70.6. The van der Waals surface area contributed by atoms with E-state index in [0.29, 0.717) is 31.6 Å². The second-order valence-electron chi connectivity index (χ2n) is 33.1. The fourth-order valence-corrected chi connectivity index (χ4v) is 15.3. The summed E-state index contributed by atoms with van der Waals surface area (Å²) in [5.74, 6) is 0.219. The van der Waals surface area contributed by atoms with Crippen molar-refractivity contribution in [1.82, 2.24) is 0 Å². The van der Waals surface area contributed by atoms with Crippen LogP contribution in [0.4, 0.5) is 0 Å². The van der Waals surface area contributed by atoms with E-state index in [0.717, 1.165) is 108 Å². The molecular weight excluding hydrogens is 1390 g/mol. The van der Waals surface area contributed by atoms with Gasteiger partial charge in [0.15, 0.2) is 12.2 Å². The highest BCUT2D eigenvalue weighted by atomic mass is 31.2. The predicted octanol–water partition coefficient (Wildman–Crippen LogP) is 26.9. The van der Waals surface area contributed by atoms with Crippen molar-refractivity contribution >= 4 is 39.5 Å². The maximum Gasteiger partial charge on any atom is 0.472 e. The lowest BCUT2D eigenvalue weighted by molar-refractivity contribution is -0.161. The first-order valence-corrected chi connectivity index (χ1v) is 48.3. The maximum absolute atomic E-state index is 13.2. The summed E-state index contributed by atoms with van der Waals surface area (Å²) in [4.78, 5) is 73.2. The summed E-state index contributed by atoms with van der Waals surface area (Å²) in [6, 6.07) is 0. The quantitative estimate of drug-likeness (QED) is 0.0222. The highest BCUT2D eigenvalue weighted by Gasteiger charge is 2.31. The van der Waals surface area contributed by atoms with Gasteiger partial charge >= 0.3 is 39.5 Å². The highest BCUT2D eigenvalue weighted by Crippen LogP contribution is 2.45. The Hall–Kier alpha value is -1.94. The van der Waals surface area contributed by atoms with E-state index in [1.165, 1.54) is 270 Å². The molecule has 0 aliphatic rings. The van der Waals surface area contributed by atoms with E-state index in [4.69, 9.17) is 37.0 Å². The van der Waals surface area contributed by atoms with Crippen molar-refractivity contribution in [3.05, 3.63) is 0 Å². The molecule has 0 aromatic rings. The van der Waals surface area contributed by atoms with Gasteiger partial charge in [0.05, 0.1) is 26.4 Å². The highest BCUT2D eigenvalue weighted by molar-refractivity contribution is 7.47. The van der Waals surface area contributed by atoms with E-state index in [-0.39, 0.29) is 25.7 Å². The number of hydrogen-bond donors (Lipinski definition) is 3. The monoisotopic (exact) mass is 1560 g/mol. The largest absolute Gasteiger partial charge is 0.472 e. The van der Waals surface area contributed by atoms with E-state index in [1.54, 1.807) is 0 Å². The molecule has 107 heavy (non-hydrogen) atoms. The second kappa shape index (κ2) is 78.0. The average molecular weight is 1560 g/mol. The molecule has 0 amide bonds. The number of phosphoric acid groups is 2. The van der Waals surface area contributed by atoms with Gasteiger partial charge in [-0.15, -0.1) is 0 Å². The third-order valence-corrected chi connectivity index (χ3v) is 22.5. The van der Waals surface area contributed by atoms with E-state index in [2.05, 4.69) is 48.5 Å². The van der Waals surface area contributed by atoms with Crippen LogP contribution in [0, 0.1) is 17.8 Å². The van der Waals surface area contributed by atoms with Crippen molar-refractivity contribution in [3.63, 3.8) is 0 Å². The van der Waals surface area contributed by atoms with Crippen LogP contribution in [-0.2, 0) is 65.4 Å². The minimum atomic E-state index is -4.97. The molecule has 0 fully saturated rings. The lowest BCUT2D eigenvalue weighted by atomic mass is 10.0. The van der Waals surface area contributed by atoms with Crippen molar-refractivity contribution in [2.75, 3.05) is 39.6 Å². The Morgan fingerprint density at radius 3 is 0.636 bits per heavy atom. The van der Waals surface area contributed by atoms with E-state index < -0.39 is 97.5 Å². The van der Waals surface area contributed by atoms with Gasteiger partial charge in [-0.1, -0.05) is 414 Å². The van der Waals surface area contributed by atoms with Gasteiger partial charge < -0.3 is 33.8 Å². The number of esters is 4. The number of aliphatic hydroxyl groups is 1. The van der Waals surface area contributed by atoms with Crippen LogP contribution in [0.3, 0.4) is 0 Å². The van der Waals surface area contributed by atoms with Crippen LogP contribution in [0.5, 0.6) is 0 Å². The predicted molar refractivity (Wildman–Crippen MR) is 441 cm³/mol. The minimum Gasteiger partial charge on any atom is -0.462 e. The first kappa shape index (κ1) is 105. The van der Waals surface area contributed by atoms with Gasteiger partial charge in [-0.3, -0.25) is 37.3 Å². The van der Waals surface area contributed by atoms with Gasteiger partial charge in [0.2, 0.25) is 0 Å². The molecule has 0 rings (SSSR count). The summed E-state index contributed by atoms with van der Waals surface area (Å²) in [6.45, 7) is 12.0. The van der Waals surface area contributed by atoms with Crippen molar-refractivity contribution < 1.29 is 80.2 Å². The van der Waals surface area contributed by atoms with Crippen LogP contribution in [0.2, 0.25) is 0 Å². The zero-order chi connectivity index (χ0) is 78.6. The first-order chi connectivity index (χ1) is 51.7. The lowest BCUT2D eigenvalue weighted by Crippen LogP contribution is -2.30. The van der Waals surface area contributed by atoms with E-state index in [9.17, 15) is 43.2 Å². The molecule has 0 bridgehead atoms. The lowest BCUT2D eigenvalue weighted by Gasteiger charge is -2.21. The first-order valence-electron chi connectivity index (χ1n) is 45.3. The molecule has 0 radical (unpaired) electrons. The molecule has 0 saturated carbocycles. The molecule has 17 nitrogen and oxygen atoms in total. The van der Waals surface area contributed by atoms with Gasteiger partial charge in [0.25, 0.3) is 0 Å². The van der Waals surface area contributed by atoms with Gasteiger partial charge in [0, 0.05) is 25.7 Å². The van der Waals surface area contributed by atoms with Crippen LogP contribution in [0.1, 0.15) is 466 Å². The Morgan fingerprint density at radius 2 is 0.430 bits per heavy atom. The summed E-state index contributed by atoms with van der Waals surface area (Å²) in [6.07, 6.45) is 69.7. The van der Waals surface area contributed by atoms with Gasteiger partial charge in [-0.05, 0) is 43.4 Å². The Kier molecular flexibility index (Phi) is 76.6. The van der Waals surface area contributed by atoms with Crippen LogP contribution < -0.4 is 0 Å². The summed E-state index contributed by atoms with van der Waals surface area (Å²) in [5, 5.41) is 10.7. The number of hydrogen-bond acceptors (Lipinski definition) is 15. The van der Waals surface area contributed by atoms with Crippen molar-refractivity contribution in [1.29, 1.82) is 0 Å². The fraction of sp³-hybridized carbons (Fsp3) is 0.955. The normalized spacial score (nSPS) is 13.8. The van der Waals surface area contributed by atoms with Crippen LogP contribution in [-0.4, -0.2) is 96.7 Å². The van der Waals surface area contributed by atoms with Crippen molar-refractivity contribution in [2.24, 2.45) is 17.8 Å². The van der Waals surface area contributed by atoms with E-state index >= 15 is 0 Å². The minimum absolute atomic E-state index is 0.107. The molecule has 0 aliphatic carbocycles. The van der Waals surface area contributed by atoms with Crippen LogP contribution in [0.15, 0.2) is 0 Å². The number of carbonyl (C=O) groups excluding carboxylic acids is 4. The summed E-state index contributed by atoms with van der Waals surface area (Å²) >= 11 is 0.